The number of rotatable bonds is 2. The molecule has 7 heteroatoms. The normalized spacial score (nSPS) is 10.3. The van der Waals surface area contributed by atoms with Gasteiger partial charge in [-0.2, -0.15) is 0 Å². The second-order valence-electron chi connectivity index (χ2n) is 3.18. The fourth-order valence-electron chi connectivity index (χ4n) is 1.16. The minimum absolute atomic E-state index is 0.126. The lowest BCUT2D eigenvalue weighted by atomic mass is 10.3. The van der Waals surface area contributed by atoms with E-state index in [9.17, 15) is 4.79 Å². The summed E-state index contributed by atoms with van der Waals surface area (Å²) in [6.07, 6.45) is 0. The van der Waals surface area contributed by atoms with Crippen LogP contribution in [0, 0.1) is 6.92 Å². The zero-order valence-corrected chi connectivity index (χ0v) is 10.2. The third-order valence-corrected chi connectivity index (χ3v) is 2.74. The van der Waals surface area contributed by atoms with E-state index >= 15 is 0 Å². The Morgan fingerprint density at radius 3 is 2.76 bits per heavy atom. The Bertz CT molecular complexity index is 568. The van der Waals surface area contributed by atoms with E-state index in [4.69, 9.17) is 27.6 Å². The van der Waals surface area contributed by atoms with Crippen LogP contribution in [0.15, 0.2) is 22.6 Å². The van der Waals surface area contributed by atoms with Gasteiger partial charge in [0.15, 0.2) is 0 Å². The highest BCUT2D eigenvalue weighted by Crippen LogP contribution is 2.29. The van der Waals surface area contributed by atoms with E-state index in [1.54, 1.807) is 25.1 Å². The van der Waals surface area contributed by atoms with Gasteiger partial charge in [-0.15, -0.1) is 10.2 Å². The van der Waals surface area contributed by atoms with Crippen molar-refractivity contribution in [2.45, 2.75) is 6.92 Å². The van der Waals surface area contributed by atoms with Crippen LogP contribution >= 0.6 is 23.2 Å². The number of anilines is 1. The summed E-state index contributed by atoms with van der Waals surface area (Å²) in [4.78, 5) is 11.7. The quantitative estimate of drug-likeness (QED) is 0.912. The fourth-order valence-corrected chi connectivity index (χ4v) is 1.51. The van der Waals surface area contributed by atoms with Crippen LogP contribution in [-0.2, 0) is 0 Å². The molecular formula is C10H7Cl2N3O2. The number of aromatic nitrogens is 2. The first-order valence-electron chi connectivity index (χ1n) is 4.63. The SMILES string of the molecule is Cc1nnc(C(=O)Nc2cccc(Cl)c2Cl)o1. The molecule has 0 saturated carbocycles. The zero-order chi connectivity index (χ0) is 12.4. The Balaban J connectivity index is 2.21. The van der Waals surface area contributed by atoms with Crippen molar-refractivity contribution in [1.82, 2.24) is 10.2 Å². The molecule has 1 aromatic heterocycles. The molecule has 5 nitrogen and oxygen atoms in total. The average molecular weight is 272 g/mol. The second-order valence-corrected chi connectivity index (χ2v) is 3.97. The molecule has 2 rings (SSSR count). The van der Waals surface area contributed by atoms with Gasteiger partial charge in [0, 0.05) is 6.92 Å². The summed E-state index contributed by atoms with van der Waals surface area (Å²) in [5.41, 5.74) is 0.389. The molecule has 0 atom stereocenters. The predicted octanol–water partition coefficient (Wildman–Crippen LogP) is 2.94. The number of nitrogens with zero attached hydrogens (tertiary/aromatic N) is 2. The van der Waals surface area contributed by atoms with Crippen LogP contribution in [0.2, 0.25) is 10.0 Å². The molecule has 2 aromatic rings. The molecule has 1 aromatic carbocycles. The Kier molecular flexibility index (Phi) is 3.31. The number of amides is 1. The summed E-state index contributed by atoms with van der Waals surface area (Å²) in [5, 5.41) is 10.3. The number of aryl methyl sites for hydroxylation is 1. The summed E-state index contributed by atoms with van der Waals surface area (Å²) in [6, 6.07) is 4.91. The first-order valence-corrected chi connectivity index (χ1v) is 5.39. The van der Waals surface area contributed by atoms with Crippen molar-refractivity contribution in [3.63, 3.8) is 0 Å². The van der Waals surface area contributed by atoms with Crippen molar-refractivity contribution < 1.29 is 9.21 Å². The maximum atomic E-state index is 11.7. The van der Waals surface area contributed by atoms with E-state index in [0.717, 1.165) is 0 Å². The molecule has 1 heterocycles. The monoisotopic (exact) mass is 271 g/mol. The maximum Gasteiger partial charge on any atom is 0.313 e. The number of halogens is 2. The predicted molar refractivity (Wildman–Crippen MR) is 63.5 cm³/mol. The molecule has 0 radical (unpaired) electrons. The molecule has 1 amide bonds. The first-order chi connectivity index (χ1) is 8.08. The van der Waals surface area contributed by atoms with Crippen molar-refractivity contribution >= 4 is 34.8 Å². The van der Waals surface area contributed by atoms with E-state index in [1.807, 2.05) is 0 Å². The Morgan fingerprint density at radius 1 is 1.35 bits per heavy atom. The number of carbonyl (C=O) groups is 1. The molecule has 88 valence electrons. The van der Waals surface area contributed by atoms with Gasteiger partial charge in [-0.05, 0) is 12.1 Å². The summed E-state index contributed by atoms with van der Waals surface area (Å²) >= 11 is 11.7. The van der Waals surface area contributed by atoms with Gasteiger partial charge in [0.25, 0.3) is 0 Å². The molecule has 0 aliphatic carbocycles. The van der Waals surface area contributed by atoms with Crippen molar-refractivity contribution in [2.75, 3.05) is 5.32 Å². The molecule has 0 aliphatic rings. The van der Waals surface area contributed by atoms with Gasteiger partial charge in [-0.25, -0.2) is 0 Å². The molecule has 0 aliphatic heterocycles. The van der Waals surface area contributed by atoms with E-state index in [1.165, 1.54) is 0 Å². The minimum atomic E-state index is -0.533. The van der Waals surface area contributed by atoms with E-state index < -0.39 is 5.91 Å². The fraction of sp³-hybridized carbons (Fsp3) is 0.100. The standard InChI is InChI=1S/C10H7Cl2N3O2/c1-5-14-15-10(17-5)9(16)13-7-4-2-3-6(11)8(7)12/h2-4H,1H3,(H,13,16). The van der Waals surface area contributed by atoms with Gasteiger partial charge >= 0.3 is 11.8 Å². The molecular weight excluding hydrogens is 265 g/mol. The molecule has 0 saturated heterocycles. The number of hydrogen-bond donors (Lipinski definition) is 1. The summed E-state index contributed by atoms with van der Waals surface area (Å²) in [5.74, 6) is -0.347. The summed E-state index contributed by atoms with van der Waals surface area (Å²) in [6.45, 7) is 1.59. The van der Waals surface area contributed by atoms with Crippen LogP contribution in [0.4, 0.5) is 5.69 Å². The van der Waals surface area contributed by atoms with Crippen molar-refractivity contribution in [3.8, 4) is 0 Å². The van der Waals surface area contributed by atoms with Crippen LogP contribution in [0.1, 0.15) is 16.6 Å². The third kappa shape index (κ3) is 2.57. The van der Waals surface area contributed by atoms with E-state index in [-0.39, 0.29) is 10.9 Å². The number of carbonyl (C=O) groups excluding carboxylic acids is 1. The van der Waals surface area contributed by atoms with E-state index in [0.29, 0.717) is 16.6 Å². The van der Waals surface area contributed by atoms with Gasteiger partial charge in [0.1, 0.15) is 0 Å². The second kappa shape index (κ2) is 4.73. The maximum absolute atomic E-state index is 11.7. The van der Waals surface area contributed by atoms with Gasteiger partial charge in [-0.1, -0.05) is 29.3 Å². The van der Waals surface area contributed by atoms with Gasteiger partial charge < -0.3 is 9.73 Å². The van der Waals surface area contributed by atoms with Gasteiger partial charge in [0.2, 0.25) is 5.89 Å². The molecule has 0 bridgehead atoms. The molecule has 0 fully saturated rings. The van der Waals surface area contributed by atoms with E-state index in [2.05, 4.69) is 15.5 Å². The Labute approximate surface area is 107 Å². The van der Waals surface area contributed by atoms with Crippen LogP contribution < -0.4 is 5.32 Å². The van der Waals surface area contributed by atoms with Crippen LogP contribution in [0.3, 0.4) is 0 Å². The van der Waals surface area contributed by atoms with Crippen molar-refractivity contribution in [3.05, 3.63) is 40.0 Å². The lowest BCUT2D eigenvalue weighted by Gasteiger charge is -2.05. The lowest BCUT2D eigenvalue weighted by molar-refractivity contribution is 0.0989. The van der Waals surface area contributed by atoms with Crippen molar-refractivity contribution in [1.29, 1.82) is 0 Å². The Morgan fingerprint density at radius 2 is 2.12 bits per heavy atom. The first kappa shape index (κ1) is 11.9. The lowest BCUT2D eigenvalue weighted by Crippen LogP contribution is -2.12. The van der Waals surface area contributed by atoms with Crippen LogP contribution in [-0.4, -0.2) is 16.1 Å². The van der Waals surface area contributed by atoms with Gasteiger partial charge in [-0.3, -0.25) is 4.79 Å². The highest BCUT2D eigenvalue weighted by Gasteiger charge is 2.15. The van der Waals surface area contributed by atoms with Crippen molar-refractivity contribution in [2.24, 2.45) is 0 Å². The topological polar surface area (TPSA) is 68.0 Å². The Hall–Kier alpha value is -1.59. The molecule has 17 heavy (non-hydrogen) atoms. The van der Waals surface area contributed by atoms with Crippen LogP contribution in [0.25, 0.3) is 0 Å². The average Bonchev–Trinajstić information content (AvgIpc) is 2.72. The van der Waals surface area contributed by atoms with Gasteiger partial charge in [0.05, 0.1) is 15.7 Å². The molecule has 1 N–H and O–H groups in total. The summed E-state index contributed by atoms with van der Waals surface area (Å²) < 4.78 is 4.98. The largest absolute Gasteiger partial charge is 0.417 e. The zero-order valence-electron chi connectivity index (χ0n) is 8.70. The summed E-state index contributed by atoms with van der Waals surface area (Å²) in [7, 11) is 0. The number of nitrogens with one attached hydrogen (secondary N) is 1. The molecule has 0 spiro atoms. The van der Waals surface area contributed by atoms with Crippen LogP contribution in [0.5, 0.6) is 0 Å². The minimum Gasteiger partial charge on any atom is -0.417 e. The molecule has 0 unspecified atom stereocenters. The number of hydrogen-bond acceptors (Lipinski definition) is 4. The smallest absolute Gasteiger partial charge is 0.313 e. The highest BCUT2D eigenvalue weighted by atomic mass is 35.5. The third-order valence-electron chi connectivity index (χ3n) is 1.92. The highest BCUT2D eigenvalue weighted by molar-refractivity contribution is 6.44. The number of benzene rings is 1.